The van der Waals surface area contributed by atoms with Crippen LogP contribution in [0.5, 0.6) is 0 Å². The van der Waals surface area contributed by atoms with E-state index < -0.39 is 4.08 Å². The molecule has 0 saturated heterocycles. The molecule has 0 fully saturated rings. The number of para-hydroxylation sites is 1. The van der Waals surface area contributed by atoms with Gasteiger partial charge in [-0.1, -0.05) is 32.0 Å². The third-order valence-electron chi connectivity index (χ3n) is 2.81. The summed E-state index contributed by atoms with van der Waals surface area (Å²) in [7, 11) is 0. The highest BCUT2D eigenvalue weighted by Crippen LogP contribution is 2.40. The largest absolute Gasteiger partial charge is 0.324 e. The highest BCUT2D eigenvalue weighted by atomic mass is 32.2. The lowest BCUT2D eigenvalue weighted by Gasteiger charge is -2.28. The summed E-state index contributed by atoms with van der Waals surface area (Å²) in [6.45, 7) is 5.62. The van der Waals surface area contributed by atoms with Gasteiger partial charge < -0.3 is 5.32 Å². The Labute approximate surface area is 135 Å². The predicted octanol–water partition coefficient (Wildman–Crippen LogP) is 4.20. The lowest BCUT2D eigenvalue weighted by atomic mass is 10.2. The van der Waals surface area contributed by atoms with Crippen LogP contribution in [-0.2, 0) is 9.59 Å². The molecule has 5 heteroatoms. The Hall–Kier alpha value is -0.940. The van der Waals surface area contributed by atoms with E-state index >= 15 is 0 Å². The molecule has 0 aliphatic carbocycles. The zero-order valence-corrected chi connectivity index (χ0v) is 14.5. The molecule has 1 aromatic rings. The molecule has 116 valence electrons. The van der Waals surface area contributed by atoms with Gasteiger partial charge >= 0.3 is 0 Å². The molecule has 1 N–H and O–H groups in total. The summed E-state index contributed by atoms with van der Waals surface area (Å²) in [5, 5.41) is 2.88. The SMILES string of the molecule is CCCSC(SCCC)(C(C)=O)C(=O)Nc1ccccc1. The summed E-state index contributed by atoms with van der Waals surface area (Å²) in [6.07, 6.45) is 1.87. The van der Waals surface area contributed by atoms with Crippen LogP contribution in [0.2, 0.25) is 0 Å². The Morgan fingerprint density at radius 1 is 1.05 bits per heavy atom. The van der Waals surface area contributed by atoms with Crippen LogP contribution >= 0.6 is 23.5 Å². The summed E-state index contributed by atoms with van der Waals surface area (Å²) in [5.74, 6) is 1.27. The van der Waals surface area contributed by atoms with Crippen molar-refractivity contribution in [1.82, 2.24) is 0 Å². The van der Waals surface area contributed by atoms with Crippen molar-refractivity contribution in [2.45, 2.75) is 37.7 Å². The van der Waals surface area contributed by atoms with Gasteiger partial charge in [-0.15, -0.1) is 23.5 Å². The molecule has 0 heterocycles. The Morgan fingerprint density at radius 2 is 1.57 bits per heavy atom. The van der Waals surface area contributed by atoms with Crippen LogP contribution in [0.4, 0.5) is 5.69 Å². The number of anilines is 1. The van der Waals surface area contributed by atoms with Crippen molar-refractivity contribution < 1.29 is 9.59 Å². The topological polar surface area (TPSA) is 46.2 Å². The highest BCUT2D eigenvalue weighted by Gasteiger charge is 2.44. The van der Waals surface area contributed by atoms with E-state index in [1.165, 1.54) is 30.4 Å². The first-order valence-electron chi connectivity index (χ1n) is 7.22. The molecule has 1 rings (SSSR count). The molecule has 0 bridgehead atoms. The van der Waals surface area contributed by atoms with E-state index in [-0.39, 0.29) is 11.7 Å². The number of hydrogen-bond donors (Lipinski definition) is 1. The maximum Gasteiger partial charge on any atom is 0.258 e. The molecule has 21 heavy (non-hydrogen) atoms. The van der Waals surface area contributed by atoms with Crippen molar-refractivity contribution in [3.8, 4) is 0 Å². The van der Waals surface area contributed by atoms with Gasteiger partial charge in [0.1, 0.15) is 0 Å². The number of carbonyl (C=O) groups excluding carboxylic acids is 2. The molecule has 0 saturated carbocycles. The summed E-state index contributed by atoms with van der Waals surface area (Å²) >= 11 is 2.89. The number of Topliss-reactive ketones (excluding diaryl/α,β-unsaturated/α-hetero) is 1. The van der Waals surface area contributed by atoms with Crippen LogP contribution in [0, 0.1) is 0 Å². The van der Waals surface area contributed by atoms with Crippen molar-refractivity contribution in [2.75, 3.05) is 16.8 Å². The maximum atomic E-state index is 12.7. The zero-order chi connectivity index (χ0) is 15.7. The van der Waals surface area contributed by atoms with Crippen LogP contribution in [0.25, 0.3) is 0 Å². The van der Waals surface area contributed by atoms with Gasteiger partial charge in [0.2, 0.25) is 0 Å². The maximum absolute atomic E-state index is 12.7. The minimum absolute atomic E-state index is 0.0900. The fraction of sp³-hybridized carbons (Fsp3) is 0.500. The Kier molecular flexibility index (Phi) is 7.89. The Morgan fingerprint density at radius 3 is 2.00 bits per heavy atom. The van der Waals surface area contributed by atoms with E-state index in [4.69, 9.17) is 0 Å². The molecule has 1 aromatic carbocycles. The second-order valence-corrected chi connectivity index (χ2v) is 7.57. The molecule has 0 aromatic heterocycles. The first kappa shape index (κ1) is 18.1. The summed E-state index contributed by atoms with van der Waals surface area (Å²) in [5.41, 5.74) is 0.724. The van der Waals surface area contributed by atoms with E-state index in [1.807, 2.05) is 30.3 Å². The van der Waals surface area contributed by atoms with Gasteiger partial charge in [0, 0.05) is 5.69 Å². The predicted molar refractivity (Wildman–Crippen MR) is 94.0 cm³/mol. The number of benzene rings is 1. The van der Waals surface area contributed by atoms with Crippen LogP contribution < -0.4 is 5.32 Å². The van der Waals surface area contributed by atoms with Crippen molar-refractivity contribution in [3.05, 3.63) is 30.3 Å². The standard InChI is InChI=1S/C16H23NO2S2/c1-4-11-20-16(13(3)18,21-12-5-2)15(19)17-14-9-7-6-8-10-14/h6-10H,4-5,11-12H2,1-3H3,(H,17,19). The molecule has 0 aliphatic rings. The van der Waals surface area contributed by atoms with E-state index in [0.717, 1.165) is 30.0 Å². The second-order valence-electron chi connectivity index (χ2n) is 4.69. The molecule has 0 spiro atoms. The molecular weight excluding hydrogens is 302 g/mol. The minimum atomic E-state index is -1.04. The van der Waals surface area contributed by atoms with E-state index in [0.29, 0.717) is 0 Å². The van der Waals surface area contributed by atoms with E-state index in [1.54, 1.807) is 0 Å². The lowest BCUT2D eigenvalue weighted by molar-refractivity contribution is -0.124. The number of carbonyl (C=O) groups is 2. The number of thioether (sulfide) groups is 2. The average Bonchev–Trinajstić information content (AvgIpc) is 2.48. The van der Waals surface area contributed by atoms with Gasteiger partial charge in [0.25, 0.3) is 5.91 Å². The monoisotopic (exact) mass is 325 g/mol. The van der Waals surface area contributed by atoms with Crippen molar-refractivity contribution in [2.24, 2.45) is 0 Å². The van der Waals surface area contributed by atoms with Gasteiger partial charge in [-0.05, 0) is 43.4 Å². The van der Waals surface area contributed by atoms with Gasteiger partial charge in [-0.25, -0.2) is 0 Å². The summed E-state index contributed by atoms with van der Waals surface area (Å²) in [4.78, 5) is 24.9. The van der Waals surface area contributed by atoms with Crippen molar-refractivity contribution in [1.29, 1.82) is 0 Å². The highest BCUT2D eigenvalue weighted by molar-refractivity contribution is 8.20. The van der Waals surface area contributed by atoms with Gasteiger partial charge in [-0.2, -0.15) is 0 Å². The first-order chi connectivity index (χ1) is 10.1. The van der Waals surface area contributed by atoms with Crippen LogP contribution in [0.15, 0.2) is 30.3 Å². The second kappa shape index (κ2) is 9.15. The molecular formula is C16H23NO2S2. The quantitative estimate of drug-likeness (QED) is 0.546. The normalized spacial score (nSPS) is 11.2. The molecule has 1 amide bonds. The minimum Gasteiger partial charge on any atom is -0.324 e. The zero-order valence-electron chi connectivity index (χ0n) is 12.8. The number of nitrogens with one attached hydrogen (secondary N) is 1. The third kappa shape index (κ3) is 5.08. The van der Waals surface area contributed by atoms with E-state index in [9.17, 15) is 9.59 Å². The van der Waals surface area contributed by atoms with Gasteiger partial charge in [0.15, 0.2) is 9.86 Å². The molecule has 3 nitrogen and oxygen atoms in total. The Bertz CT molecular complexity index is 455. The smallest absolute Gasteiger partial charge is 0.258 e. The van der Waals surface area contributed by atoms with E-state index in [2.05, 4.69) is 19.2 Å². The fourth-order valence-corrected chi connectivity index (χ4v) is 4.35. The fourth-order valence-electron chi connectivity index (χ4n) is 1.76. The van der Waals surface area contributed by atoms with Crippen molar-refractivity contribution in [3.63, 3.8) is 0 Å². The van der Waals surface area contributed by atoms with Crippen LogP contribution in [-0.4, -0.2) is 27.3 Å². The first-order valence-corrected chi connectivity index (χ1v) is 9.19. The third-order valence-corrected chi connectivity index (χ3v) is 6.50. The lowest BCUT2D eigenvalue weighted by Crippen LogP contribution is -2.43. The molecule has 0 atom stereocenters. The van der Waals surface area contributed by atoms with Crippen molar-refractivity contribution >= 4 is 40.9 Å². The number of amides is 1. The van der Waals surface area contributed by atoms with Crippen LogP contribution in [0.3, 0.4) is 0 Å². The number of ketones is 1. The molecule has 0 unspecified atom stereocenters. The molecule has 0 radical (unpaired) electrons. The Balaban J connectivity index is 2.96. The number of hydrogen-bond acceptors (Lipinski definition) is 4. The molecule has 0 aliphatic heterocycles. The number of rotatable bonds is 9. The summed E-state index contributed by atoms with van der Waals surface area (Å²) in [6, 6.07) is 9.29. The van der Waals surface area contributed by atoms with Crippen LogP contribution in [0.1, 0.15) is 33.6 Å². The average molecular weight is 325 g/mol. The van der Waals surface area contributed by atoms with Gasteiger partial charge in [-0.3, -0.25) is 9.59 Å². The van der Waals surface area contributed by atoms with Gasteiger partial charge in [0.05, 0.1) is 0 Å². The summed E-state index contributed by atoms with van der Waals surface area (Å²) < 4.78 is -1.04.